The number of amides is 1. The third-order valence-electron chi connectivity index (χ3n) is 4.81. The lowest BCUT2D eigenvalue weighted by Gasteiger charge is -2.21. The van der Waals surface area contributed by atoms with Crippen molar-refractivity contribution in [1.82, 2.24) is 25.1 Å². The summed E-state index contributed by atoms with van der Waals surface area (Å²) in [6.07, 6.45) is 2.43. The molecule has 4 heterocycles. The van der Waals surface area contributed by atoms with Crippen LogP contribution in [-0.4, -0.2) is 58.1 Å². The molecule has 27 heavy (non-hydrogen) atoms. The minimum Gasteiger partial charge on any atom is -0.486 e. The molecular formula is C18H18N6O3. The summed E-state index contributed by atoms with van der Waals surface area (Å²) in [5.41, 5.74) is 1.22. The van der Waals surface area contributed by atoms with Gasteiger partial charge in [0.05, 0.1) is 5.56 Å². The summed E-state index contributed by atoms with van der Waals surface area (Å²) < 4.78 is 12.8. The lowest BCUT2D eigenvalue weighted by atomic mass is 10.1. The van der Waals surface area contributed by atoms with E-state index in [1.165, 1.54) is 0 Å². The molecule has 2 aliphatic rings. The minimum atomic E-state index is -0.147. The molecule has 2 aromatic heterocycles. The van der Waals surface area contributed by atoms with Crippen LogP contribution in [0.1, 0.15) is 16.8 Å². The molecule has 1 aromatic carbocycles. The molecule has 0 radical (unpaired) electrons. The summed E-state index contributed by atoms with van der Waals surface area (Å²) in [7, 11) is 0. The Bertz CT molecular complexity index is 1000. The van der Waals surface area contributed by atoms with Gasteiger partial charge in [-0.3, -0.25) is 4.79 Å². The summed E-state index contributed by atoms with van der Waals surface area (Å²) in [6.45, 7) is 2.46. The first-order chi connectivity index (χ1) is 13.3. The Balaban J connectivity index is 1.29. The second kappa shape index (κ2) is 6.42. The quantitative estimate of drug-likeness (QED) is 0.736. The molecule has 9 heteroatoms. The number of fused-ring (bicyclic) bond motifs is 2. The first-order valence-corrected chi connectivity index (χ1v) is 8.89. The van der Waals surface area contributed by atoms with Gasteiger partial charge in [-0.25, -0.2) is 0 Å². The zero-order valence-electron chi connectivity index (χ0n) is 14.5. The van der Waals surface area contributed by atoms with E-state index in [9.17, 15) is 4.79 Å². The number of rotatable bonds is 3. The van der Waals surface area contributed by atoms with Crippen LogP contribution < -0.4 is 19.7 Å². The van der Waals surface area contributed by atoms with E-state index in [-0.39, 0.29) is 11.9 Å². The van der Waals surface area contributed by atoms with Crippen molar-refractivity contribution in [3.63, 3.8) is 0 Å². The molecule has 3 aromatic rings. The Kier molecular flexibility index (Phi) is 3.77. The average Bonchev–Trinajstić information content (AvgIpc) is 3.36. The number of aromatic nitrogens is 4. The molecule has 0 bridgehead atoms. The Labute approximate surface area is 154 Å². The molecule has 138 valence electrons. The van der Waals surface area contributed by atoms with Crippen molar-refractivity contribution >= 4 is 17.4 Å². The zero-order valence-corrected chi connectivity index (χ0v) is 14.5. The lowest BCUT2D eigenvalue weighted by molar-refractivity contribution is 0.0929. The molecule has 0 spiro atoms. The van der Waals surface area contributed by atoms with Gasteiger partial charge in [0.15, 0.2) is 17.1 Å². The van der Waals surface area contributed by atoms with E-state index in [2.05, 4.69) is 25.5 Å². The van der Waals surface area contributed by atoms with Crippen LogP contribution >= 0.6 is 0 Å². The van der Waals surface area contributed by atoms with Crippen molar-refractivity contribution in [3.8, 4) is 11.5 Å². The number of carbonyl (C=O) groups is 1. The monoisotopic (exact) mass is 366 g/mol. The highest BCUT2D eigenvalue weighted by Gasteiger charge is 2.27. The molecule has 9 nitrogen and oxygen atoms in total. The van der Waals surface area contributed by atoms with Gasteiger partial charge in [-0.05, 0) is 30.7 Å². The summed E-state index contributed by atoms with van der Waals surface area (Å²) in [5.74, 6) is 1.84. The number of benzene rings is 1. The predicted molar refractivity (Wildman–Crippen MR) is 96.3 cm³/mol. The molecule has 2 aliphatic heterocycles. The highest BCUT2D eigenvalue weighted by molar-refractivity contribution is 5.98. The van der Waals surface area contributed by atoms with Gasteiger partial charge in [-0.15, -0.1) is 15.3 Å². The standard InChI is InChI=1S/C18H18N6O3/c25-18(13-2-1-3-14-17(13)27-9-8-26-14)20-12-6-7-23(10-12)16-5-4-15-21-19-11-24(15)22-16/h1-5,11-12H,6-10H2,(H,20,25)/t12-/m1/s1. The number of anilines is 1. The highest BCUT2D eigenvalue weighted by atomic mass is 16.6. The predicted octanol–water partition coefficient (Wildman–Crippen LogP) is 0.904. The van der Waals surface area contributed by atoms with Crippen molar-refractivity contribution < 1.29 is 14.3 Å². The normalized spacial score (nSPS) is 18.7. The summed E-state index contributed by atoms with van der Waals surface area (Å²) in [4.78, 5) is 14.9. The minimum absolute atomic E-state index is 0.0382. The van der Waals surface area contributed by atoms with Gasteiger partial charge >= 0.3 is 0 Å². The maximum absolute atomic E-state index is 12.8. The van der Waals surface area contributed by atoms with Crippen LogP contribution in [0.4, 0.5) is 5.82 Å². The van der Waals surface area contributed by atoms with Crippen molar-refractivity contribution in [3.05, 3.63) is 42.2 Å². The highest BCUT2D eigenvalue weighted by Crippen LogP contribution is 2.33. The molecule has 0 unspecified atom stereocenters. The van der Waals surface area contributed by atoms with Gasteiger partial charge in [0.2, 0.25) is 0 Å². The van der Waals surface area contributed by atoms with Crippen LogP contribution in [0.3, 0.4) is 0 Å². The number of hydrogen-bond acceptors (Lipinski definition) is 7. The van der Waals surface area contributed by atoms with Crippen LogP contribution in [0.2, 0.25) is 0 Å². The zero-order chi connectivity index (χ0) is 18.2. The van der Waals surface area contributed by atoms with E-state index in [1.54, 1.807) is 16.9 Å². The smallest absolute Gasteiger partial charge is 0.255 e. The fourth-order valence-electron chi connectivity index (χ4n) is 3.49. The molecule has 1 amide bonds. The molecule has 5 rings (SSSR count). The number of nitrogens with one attached hydrogen (secondary N) is 1. The summed E-state index contributed by atoms with van der Waals surface area (Å²) in [5, 5.41) is 15.4. The van der Waals surface area contributed by atoms with Crippen molar-refractivity contribution in [2.75, 3.05) is 31.2 Å². The van der Waals surface area contributed by atoms with E-state index < -0.39 is 0 Å². The Morgan fingerprint density at radius 2 is 2.11 bits per heavy atom. The summed E-state index contributed by atoms with van der Waals surface area (Å²) in [6, 6.07) is 9.23. The second-order valence-electron chi connectivity index (χ2n) is 6.56. The molecule has 1 fully saturated rings. The largest absolute Gasteiger partial charge is 0.486 e. The molecular weight excluding hydrogens is 348 g/mol. The number of para-hydroxylation sites is 1. The van der Waals surface area contributed by atoms with Crippen LogP contribution in [0.25, 0.3) is 5.65 Å². The van der Waals surface area contributed by atoms with Crippen molar-refractivity contribution in [1.29, 1.82) is 0 Å². The number of nitrogens with zero attached hydrogens (tertiary/aromatic N) is 5. The third-order valence-corrected chi connectivity index (χ3v) is 4.81. The van der Waals surface area contributed by atoms with Crippen LogP contribution in [-0.2, 0) is 0 Å². The Morgan fingerprint density at radius 3 is 3.07 bits per heavy atom. The van der Waals surface area contributed by atoms with Crippen molar-refractivity contribution in [2.45, 2.75) is 12.5 Å². The van der Waals surface area contributed by atoms with Crippen LogP contribution in [0.15, 0.2) is 36.7 Å². The van der Waals surface area contributed by atoms with E-state index in [0.29, 0.717) is 42.5 Å². The van der Waals surface area contributed by atoms with Gasteiger partial charge in [-0.1, -0.05) is 6.07 Å². The second-order valence-corrected chi connectivity index (χ2v) is 6.56. The Hall–Kier alpha value is -3.36. The maximum Gasteiger partial charge on any atom is 0.255 e. The third kappa shape index (κ3) is 2.90. The van der Waals surface area contributed by atoms with Gasteiger partial charge in [0.1, 0.15) is 25.4 Å². The van der Waals surface area contributed by atoms with E-state index in [4.69, 9.17) is 9.47 Å². The fourth-order valence-corrected chi connectivity index (χ4v) is 3.49. The van der Waals surface area contributed by atoms with Gasteiger partial charge in [0, 0.05) is 19.1 Å². The molecule has 1 saturated heterocycles. The van der Waals surface area contributed by atoms with Crippen molar-refractivity contribution in [2.24, 2.45) is 0 Å². The average molecular weight is 366 g/mol. The molecule has 0 saturated carbocycles. The number of hydrogen-bond donors (Lipinski definition) is 1. The van der Waals surface area contributed by atoms with E-state index >= 15 is 0 Å². The number of carbonyl (C=O) groups excluding carboxylic acids is 1. The topological polar surface area (TPSA) is 93.9 Å². The Morgan fingerprint density at radius 1 is 1.19 bits per heavy atom. The molecule has 0 aliphatic carbocycles. The molecule has 1 N–H and O–H groups in total. The SMILES string of the molecule is O=C(N[C@@H]1CCN(c2ccc3nncn3n2)C1)c1cccc2c1OCCO2. The van der Waals surface area contributed by atoms with Crippen LogP contribution in [0.5, 0.6) is 11.5 Å². The van der Waals surface area contributed by atoms with Crippen LogP contribution in [0, 0.1) is 0 Å². The van der Waals surface area contributed by atoms with Gasteiger partial charge in [0.25, 0.3) is 5.91 Å². The van der Waals surface area contributed by atoms with Gasteiger partial charge < -0.3 is 19.7 Å². The lowest BCUT2D eigenvalue weighted by Crippen LogP contribution is -2.37. The van der Waals surface area contributed by atoms with Gasteiger partial charge in [-0.2, -0.15) is 4.52 Å². The summed E-state index contributed by atoms with van der Waals surface area (Å²) >= 11 is 0. The van der Waals surface area contributed by atoms with E-state index in [1.807, 2.05) is 24.3 Å². The number of ether oxygens (including phenoxy) is 2. The van der Waals surface area contributed by atoms with E-state index in [0.717, 1.165) is 18.8 Å². The first-order valence-electron chi connectivity index (χ1n) is 8.89. The maximum atomic E-state index is 12.8. The molecule has 1 atom stereocenters. The first kappa shape index (κ1) is 15.9. The fraction of sp³-hybridized carbons (Fsp3) is 0.333.